The average Bonchev–Trinajstić information content (AvgIpc) is 2.95. The Hall–Kier alpha value is -0.550. The molecule has 2 heterocycles. The number of likely N-dealkylation sites (tertiary alicyclic amines) is 1. The molecule has 4 nitrogen and oxygen atoms in total. The molecule has 0 radical (unpaired) electrons. The van der Waals surface area contributed by atoms with Crippen LogP contribution in [0.15, 0.2) is 10.7 Å². The van der Waals surface area contributed by atoms with Crippen LogP contribution in [-0.4, -0.2) is 33.3 Å². The van der Waals surface area contributed by atoms with E-state index in [9.17, 15) is 0 Å². The largest absolute Gasteiger partial charge is 0.383 e. The van der Waals surface area contributed by atoms with Crippen LogP contribution in [-0.2, 0) is 0 Å². The van der Waals surface area contributed by atoms with E-state index >= 15 is 0 Å². The standard InChI is InChI=1S/C11H17BrN4/c1-7-4-9(6-15(7)8-2-3-8)16-11(13)10(12)5-14-16/h5,7-9H,2-4,6,13H2,1H3. The lowest BCUT2D eigenvalue weighted by molar-refractivity contribution is 0.253. The zero-order chi connectivity index (χ0) is 11.3. The van der Waals surface area contributed by atoms with Crippen molar-refractivity contribution in [1.29, 1.82) is 0 Å². The molecule has 2 N–H and O–H groups in total. The third-order valence-corrected chi connectivity index (χ3v) is 4.36. The lowest BCUT2D eigenvalue weighted by atomic mass is 10.2. The maximum Gasteiger partial charge on any atom is 0.136 e. The second-order valence-corrected chi connectivity index (χ2v) is 5.84. The van der Waals surface area contributed by atoms with Gasteiger partial charge in [-0.15, -0.1) is 0 Å². The summed E-state index contributed by atoms with van der Waals surface area (Å²) in [6, 6.07) is 1.95. The third kappa shape index (κ3) is 1.66. The second-order valence-electron chi connectivity index (χ2n) is 4.99. The van der Waals surface area contributed by atoms with Crippen LogP contribution in [0, 0.1) is 0 Å². The number of rotatable bonds is 2. The van der Waals surface area contributed by atoms with Crippen molar-refractivity contribution in [3.05, 3.63) is 10.7 Å². The molecule has 88 valence electrons. The predicted octanol–water partition coefficient (Wildman–Crippen LogP) is 2.03. The molecule has 0 bridgehead atoms. The van der Waals surface area contributed by atoms with Gasteiger partial charge in [-0.1, -0.05) is 0 Å². The first-order valence-electron chi connectivity index (χ1n) is 5.91. The van der Waals surface area contributed by atoms with E-state index in [4.69, 9.17) is 5.73 Å². The average molecular weight is 285 g/mol. The van der Waals surface area contributed by atoms with Gasteiger partial charge in [0.1, 0.15) is 5.82 Å². The summed E-state index contributed by atoms with van der Waals surface area (Å²) in [4.78, 5) is 2.61. The Balaban J connectivity index is 1.79. The maximum atomic E-state index is 6.00. The highest BCUT2D eigenvalue weighted by Crippen LogP contribution is 2.38. The maximum absolute atomic E-state index is 6.00. The molecule has 1 aliphatic heterocycles. The third-order valence-electron chi connectivity index (χ3n) is 3.75. The minimum Gasteiger partial charge on any atom is -0.383 e. The van der Waals surface area contributed by atoms with E-state index in [-0.39, 0.29) is 0 Å². The fraction of sp³-hybridized carbons (Fsp3) is 0.727. The van der Waals surface area contributed by atoms with Crippen LogP contribution >= 0.6 is 15.9 Å². The second kappa shape index (κ2) is 3.74. The molecular formula is C11H17BrN4. The number of halogens is 1. The highest BCUT2D eigenvalue weighted by atomic mass is 79.9. The van der Waals surface area contributed by atoms with E-state index in [1.807, 2.05) is 4.68 Å². The zero-order valence-electron chi connectivity index (χ0n) is 9.43. The van der Waals surface area contributed by atoms with Crippen molar-refractivity contribution in [1.82, 2.24) is 14.7 Å². The zero-order valence-corrected chi connectivity index (χ0v) is 11.0. The predicted molar refractivity (Wildman–Crippen MR) is 67.2 cm³/mol. The summed E-state index contributed by atoms with van der Waals surface area (Å²) in [5.41, 5.74) is 6.00. The molecule has 1 aliphatic carbocycles. The normalized spacial score (nSPS) is 31.1. The molecule has 2 fully saturated rings. The van der Waals surface area contributed by atoms with Crippen molar-refractivity contribution in [2.24, 2.45) is 0 Å². The van der Waals surface area contributed by atoms with Crippen LogP contribution in [0.2, 0.25) is 0 Å². The van der Waals surface area contributed by atoms with Gasteiger partial charge in [0.25, 0.3) is 0 Å². The highest BCUT2D eigenvalue weighted by molar-refractivity contribution is 9.10. The molecule has 0 spiro atoms. The van der Waals surface area contributed by atoms with E-state index < -0.39 is 0 Å². The van der Waals surface area contributed by atoms with Crippen molar-refractivity contribution < 1.29 is 0 Å². The van der Waals surface area contributed by atoms with E-state index in [0.717, 1.165) is 29.3 Å². The molecule has 0 aromatic carbocycles. The summed E-state index contributed by atoms with van der Waals surface area (Å²) in [6.07, 6.45) is 5.69. The number of anilines is 1. The number of hydrogen-bond donors (Lipinski definition) is 1. The van der Waals surface area contributed by atoms with Gasteiger partial charge in [-0.3, -0.25) is 4.90 Å². The van der Waals surface area contributed by atoms with Crippen LogP contribution in [0.4, 0.5) is 5.82 Å². The van der Waals surface area contributed by atoms with Gasteiger partial charge in [0.15, 0.2) is 0 Å². The van der Waals surface area contributed by atoms with Crippen LogP contribution < -0.4 is 5.73 Å². The Labute approximate surface area is 104 Å². The first-order chi connectivity index (χ1) is 7.66. The summed E-state index contributed by atoms with van der Waals surface area (Å²) >= 11 is 3.41. The Bertz CT molecular complexity index is 399. The van der Waals surface area contributed by atoms with Gasteiger partial charge in [-0.2, -0.15) is 5.10 Å². The lowest BCUT2D eigenvalue weighted by Gasteiger charge is -2.19. The van der Waals surface area contributed by atoms with Gasteiger partial charge >= 0.3 is 0 Å². The summed E-state index contributed by atoms with van der Waals surface area (Å²) in [5.74, 6) is 0.759. The fourth-order valence-corrected chi connectivity index (χ4v) is 3.03. The van der Waals surface area contributed by atoms with E-state index in [1.165, 1.54) is 12.8 Å². The first-order valence-corrected chi connectivity index (χ1v) is 6.70. The molecule has 16 heavy (non-hydrogen) atoms. The molecule has 0 amide bonds. The quantitative estimate of drug-likeness (QED) is 0.904. The van der Waals surface area contributed by atoms with Crippen molar-refractivity contribution in [2.75, 3.05) is 12.3 Å². The van der Waals surface area contributed by atoms with Crippen molar-refractivity contribution in [3.8, 4) is 0 Å². The number of aromatic nitrogens is 2. The molecule has 2 aliphatic rings. The molecular weight excluding hydrogens is 268 g/mol. The summed E-state index contributed by atoms with van der Waals surface area (Å²) in [7, 11) is 0. The SMILES string of the molecule is CC1CC(n2ncc(Br)c2N)CN1C1CC1. The van der Waals surface area contributed by atoms with Gasteiger partial charge in [-0.25, -0.2) is 4.68 Å². The van der Waals surface area contributed by atoms with Crippen molar-refractivity contribution in [2.45, 2.75) is 44.3 Å². The lowest BCUT2D eigenvalue weighted by Crippen LogP contribution is -2.29. The molecule has 1 saturated carbocycles. The molecule has 1 aromatic heterocycles. The molecule has 2 unspecified atom stereocenters. The molecule has 1 aromatic rings. The first kappa shape index (κ1) is 10.6. The van der Waals surface area contributed by atoms with E-state index in [0.29, 0.717) is 12.1 Å². The van der Waals surface area contributed by atoms with Crippen molar-refractivity contribution >= 4 is 21.7 Å². The number of hydrogen-bond acceptors (Lipinski definition) is 3. The number of nitrogens with two attached hydrogens (primary N) is 1. The van der Waals surface area contributed by atoms with Crippen LogP contribution in [0.5, 0.6) is 0 Å². The van der Waals surface area contributed by atoms with Gasteiger partial charge in [0.05, 0.1) is 16.7 Å². The minimum absolute atomic E-state index is 0.446. The number of nitrogens with zero attached hydrogens (tertiary/aromatic N) is 3. The Morgan fingerprint density at radius 2 is 2.19 bits per heavy atom. The van der Waals surface area contributed by atoms with Gasteiger partial charge in [0.2, 0.25) is 0 Å². The van der Waals surface area contributed by atoms with E-state index in [2.05, 4.69) is 32.9 Å². The van der Waals surface area contributed by atoms with E-state index in [1.54, 1.807) is 6.20 Å². The van der Waals surface area contributed by atoms with Crippen LogP contribution in [0.25, 0.3) is 0 Å². The minimum atomic E-state index is 0.446. The molecule has 1 saturated heterocycles. The number of nitrogen functional groups attached to an aromatic ring is 1. The monoisotopic (exact) mass is 284 g/mol. The Morgan fingerprint density at radius 3 is 2.75 bits per heavy atom. The molecule has 2 atom stereocenters. The van der Waals surface area contributed by atoms with Crippen molar-refractivity contribution in [3.63, 3.8) is 0 Å². The summed E-state index contributed by atoms with van der Waals surface area (Å²) in [6.45, 7) is 3.41. The van der Waals surface area contributed by atoms with Gasteiger partial charge < -0.3 is 5.73 Å². The molecule has 5 heteroatoms. The van der Waals surface area contributed by atoms with Crippen LogP contribution in [0.3, 0.4) is 0 Å². The topological polar surface area (TPSA) is 47.1 Å². The van der Waals surface area contributed by atoms with Gasteiger partial charge in [0, 0.05) is 18.6 Å². The smallest absolute Gasteiger partial charge is 0.136 e. The molecule has 3 rings (SSSR count). The Kier molecular flexibility index (Phi) is 2.47. The highest BCUT2D eigenvalue weighted by Gasteiger charge is 2.40. The van der Waals surface area contributed by atoms with Crippen LogP contribution in [0.1, 0.15) is 32.2 Å². The summed E-state index contributed by atoms with van der Waals surface area (Å²) in [5, 5.41) is 4.36. The fourth-order valence-electron chi connectivity index (χ4n) is 2.76. The van der Waals surface area contributed by atoms with Gasteiger partial charge in [-0.05, 0) is 42.1 Å². The summed E-state index contributed by atoms with van der Waals surface area (Å²) < 4.78 is 2.88. The Morgan fingerprint density at radius 1 is 1.44 bits per heavy atom.